The lowest BCUT2D eigenvalue weighted by molar-refractivity contribution is -0.155. The van der Waals surface area contributed by atoms with Crippen LogP contribution in [0.3, 0.4) is 0 Å². The predicted octanol–water partition coefficient (Wildman–Crippen LogP) is 0.600. The van der Waals surface area contributed by atoms with Gasteiger partial charge in [-0.05, 0) is 43.7 Å². The highest BCUT2D eigenvalue weighted by Crippen LogP contribution is 2.33. The lowest BCUT2D eigenvalue weighted by Gasteiger charge is -2.25. The fraction of sp³-hybridized carbons (Fsp3) is 0.545. The van der Waals surface area contributed by atoms with Crippen molar-refractivity contribution in [3.8, 4) is 5.75 Å². The third-order valence-corrected chi connectivity index (χ3v) is 6.36. The summed E-state index contributed by atoms with van der Waals surface area (Å²) in [4.78, 5) is 50.6. The molecule has 2 saturated heterocycles. The maximum atomic E-state index is 12.7. The first-order chi connectivity index (χ1) is 15.8. The molecule has 3 fully saturated rings. The Bertz CT molecular complexity index is 952. The molecule has 1 aliphatic carbocycles. The van der Waals surface area contributed by atoms with Crippen LogP contribution in [0, 0.1) is 5.92 Å². The molecular formula is C22H26ClN3O7. The molecule has 3 N–H and O–H groups in total. The third kappa shape index (κ3) is 5.56. The lowest BCUT2D eigenvalue weighted by Crippen LogP contribution is -2.52. The van der Waals surface area contributed by atoms with Crippen molar-refractivity contribution < 1.29 is 33.8 Å². The first kappa shape index (κ1) is 23.3. The average Bonchev–Trinajstić information content (AvgIpc) is 3.38. The largest absolute Gasteiger partial charge is 0.492 e. The van der Waals surface area contributed by atoms with Gasteiger partial charge in [0, 0.05) is 6.54 Å². The molecule has 1 aromatic rings. The van der Waals surface area contributed by atoms with Gasteiger partial charge in [-0.1, -0.05) is 17.7 Å². The molecule has 0 radical (unpaired) electrons. The van der Waals surface area contributed by atoms with Crippen molar-refractivity contribution in [3.63, 3.8) is 0 Å². The Kier molecular flexibility index (Phi) is 7.04. The SMILES string of the molecule is O=C1C[C@H](NC(=O)[C@@H]2CCCN2C(=O)CNC(=O)c2cccc(OCC3CC3)c2Cl)[C@H](O)O1. The first-order valence-electron chi connectivity index (χ1n) is 11.0. The maximum Gasteiger partial charge on any atom is 0.310 e. The summed E-state index contributed by atoms with van der Waals surface area (Å²) in [6, 6.07) is 3.31. The van der Waals surface area contributed by atoms with Crippen molar-refractivity contribution >= 4 is 35.3 Å². The van der Waals surface area contributed by atoms with Crippen molar-refractivity contribution in [2.24, 2.45) is 5.92 Å². The third-order valence-electron chi connectivity index (χ3n) is 5.97. The van der Waals surface area contributed by atoms with E-state index in [1.54, 1.807) is 18.2 Å². The number of amides is 3. The Balaban J connectivity index is 1.31. The molecule has 0 unspecified atom stereocenters. The number of carbonyl (C=O) groups excluding carboxylic acids is 4. The van der Waals surface area contributed by atoms with Crippen LogP contribution in [0.4, 0.5) is 0 Å². The highest BCUT2D eigenvalue weighted by atomic mass is 35.5. The van der Waals surface area contributed by atoms with Crippen molar-refractivity contribution in [1.29, 1.82) is 0 Å². The van der Waals surface area contributed by atoms with E-state index in [4.69, 9.17) is 16.3 Å². The van der Waals surface area contributed by atoms with E-state index in [0.717, 1.165) is 12.8 Å². The molecule has 4 rings (SSSR count). The van der Waals surface area contributed by atoms with Crippen LogP contribution in [0.1, 0.15) is 42.5 Å². The number of benzene rings is 1. The standard InChI is InChI=1S/C22H26ClN3O7/c23-19-13(3-1-5-16(19)32-11-12-6-7-12)20(29)24-10-17(27)26-8-2-4-15(26)21(30)25-14-9-18(28)33-22(14)31/h1,3,5,12,14-15,22,31H,2,4,6-11H2,(H,24,29)(H,25,30)/t14-,15-,22+/m0/s1. The second kappa shape index (κ2) is 9.96. The second-order valence-corrected chi connectivity index (χ2v) is 8.88. The van der Waals surface area contributed by atoms with Crippen LogP contribution in [0.25, 0.3) is 0 Å². The van der Waals surface area contributed by atoms with E-state index < -0.39 is 42.1 Å². The number of carbonyl (C=O) groups is 4. The van der Waals surface area contributed by atoms with Crippen molar-refractivity contribution in [2.75, 3.05) is 19.7 Å². The van der Waals surface area contributed by atoms with E-state index in [2.05, 4.69) is 15.4 Å². The number of aliphatic hydroxyl groups is 1. The zero-order chi connectivity index (χ0) is 23.5. The summed E-state index contributed by atoms with van der Waals surface area (Å²) in [5.74, 6) is -1.05. The van der Waals surface area contributed by atoms with Gasteiger partial charge in [0.15, 0.2) is 0 Å². The molecule has 3 aliphatic rings. The molecule has 178 valence electrons. The van der Waals surface area contributed by atoms with Crippen LogP contribution >= 0.6 is 11.6 Å². The summed E-state index contributed by atoms with van der Waals surface area (Å²) in [6.07, 6.45) is 1.78. The number of likely N-dealkylation sites (tertiary alicyclic amines) is 1. The van der Waals surface area contributed by atoms with Gasteiger partial charge >= 0.3 is 5.97 Å². The van der Waals surface area contributed by atoms with Gasteiger partial charge in [0.2, 0.25) is 18.1 Å². The van der Waals surface area contributed by atoms with Crippen LogP contribution in [0.5, 0.6) is 5.75 Å². The fourth-order valence-corrected chi connectivity index (χ4v) is 4.19. The zero-order valence-corrected chi connectivity index (χ0v) is 18.7. The lowest BCUT2D eigenvalue weighted by atomic mass is 10.1. The van der Waals surface area contributed by atoms with Crippen LogP contribution in [-0.2, 0) is 19.1 Å². The normalized spacial score (nSPS) is 24.4. The molecule has 11 heteroatoms. The summed E-state index contributed by atoms with van der Waals surface area (Å²) < 4.78 is 10.3. The van der Waals surface area contributed by atoms with Crippen LogP contribution in [0.15, 0.2) is 18.2 Å². The Morgan fingerprint density at radius 3 is 2.73 bits per heavy atom. The summed E-state index contributed by atoms with van der Waals surface area (Å²) in [6.45, 7) is 0.611. The average molecular weight is 480 g/mol. The maximum absolute atomic E-state index is 12.7. The molecule has 3 amide bonds. The minimum Gasteiger partial charge on any atom is -0.492 e. The molecule has 0 aromatic heterocycles. The molecule has 3 atom stereocenters. The van der Waals surface area contributed by atoms with Gasteiger partial charge in [0.1, 0.15) is 17.8 Å². The molecule has 33 heavy (non-hydrogen) atoms. The van der Waals surface area contributed by atoms with Crippen molar-refractivity contribution in [3.05, 3.63) is 28.8 Å². The molecule has 1 saturated carbocycles. The zero-order valence-electron chi connectivity index (χ0n) is 17.9. The van der Waals surface area contributed by atoms with E-state index in [-0.39, 0.29) is 23.6 Å². The monoisotopic (exact) mass is 479 g/mol. The molecule has 10 nitrogen and oxygen atoms in total. The second-order valence-electron chi connectivity index (χ2n) is 8.50. The Morgan fingerprint density at radius 2 is 2.03 bits per heavy atom. The quantitative estimate of drug-likeness (QED) is 0.465. The fourth-order valence-electron chi connectivity index (χ4n) is 3.93. The number of hydrogen-bond donors (Lipinski definition) is 3. The predicted molar refractivity (Wildman–Crippen MR) is 115 cm³/mol. The Hall–Kier alpha value is -2.85. The number of rotatable bonds is 8. The van der Waals surface area contributed by atoms with Gasteiger partial charge in [-0.3, -0.25) is 19.2 Å². The van der Waals surface area contributed by atoms with Gasteiger partial charge in [-0.15, -0.1) is 0 Å². The van der Waals surface area contributed by atoms with Crippen LogP contribution in [-0.4, -0.2) is 71.8 Å². The number of ether oxygens (including phenoxy) is 2. The van der Waals surface area contributed by atoms with Crippen molar-refractivity contribution in [2.45, 2.75) is 50.5 Å². The summed E-state index contributed by atoms with van der Waals surface area (Å²) in [7, 11) is 0. The molecule has 1 aromatic carbocycles. The molecule has 0 bridgehead atoms. The Morgan fingerprint density at radius 1 is 1.24 bits per heavy atom. The Labute approximate surface area is 195 Å². The van der Waals surface area contributed by atoms with Crippen LogP contribution < -0.4 is 15.4 Å². The van der Waals surface area contributed by atoms with Crippen molar-refractivity contribution in [1.82, 2.24) is 15.5 Å². The van der Waals surface area contributed by atoms with E-state index in [0.29, 0.717) is 37.7 Å². The minimum absolute atomic E-state index is 0.131. The number of nitrogens with one attached hydrogen (secondary N) is 2. The van der Waals surface area contributed by atoms with E-state index in [9.17, 15) is 24.3 Å². The molecular weight excluding hydrogens is 454 g/mol. The number of aliphatic hydroxyl groups excluding tert-OH is 1. The smallest absolute Gasteiger partial charge is 0.310 e. The van der Waals surface area contributed by atoms with Gasteiger partial charge in [-0.2, -0.15) is 0 Å². The number of hydrogen-bond acceptors (Lipinski definition) is 7. The molecule has 2 heterocycles. The van der Waals surface area contributed by atoms with E-state index >= 15 is 0 Å². The van der Waals surface area contributed by atoms with Crippen LogP contribution in [0.2, 0.25) is 5.02 Å². The van der Waals surface area contributed by atoms with E-state index in [1.165, 1.54) is 4.90 Å². The van der Waals surface area contributed by atoms with Gasteiger partial charge in [0.25, 0.3) is 5.91 Å². The minimum atomic E-state index is -1.40. The number of halogens is 1. The first-order valence-corrected chi connectivity index (χ1v) is 11.4. The number of nitrogens with zero attached hydrogens (tertiary/aromatic N) is 1. The van der Waals surface area contributed by atoms with Gasteiger partial charge in [0.05, 0.1) is 30.2 Å². The highest BCUT2D eigenvalue weighted by Gasteiger charge is 2.39. The topological polar surface area (TPSA) is 134 Å². The number of cyclic esters (lactones) is 1. The van der Waals surface area contributed by atoms with Gasteiger partial charge in [-0.25, -0.2) is 0 Å². The summed E-state index contributed by atoms with van der Waals surface area (Å²) in [5.41, 5.74) is 0.202. The highest BCUT2D eigenvalue weighted by molar-refractivity contribution is 6.35. The number of esters is 1. The summed E-state index contributed by atoms with van der Waals surface area (Å²) >= 11 is 6.33. The molecule has 2 aliphatic heterocycles. The summed E-state index contributed by atoms with van der Waals surface area (Å²) in [5, 5.41) is 15.0. The molecule has 0 spiro atoms. The van der Waals surface area contributed by atoms with Gasteiger partial charge < -0.3 is 30.1 Å². The van der Waals surface area contributed by atoms with E-state index in [1.807, 2.05) is 0 Å².